The quantitative estimate of drug-likeness (QED) is 0.330. The molecule has 1 aliphatic rings. The number of carbonyl (C=O) groups excluding carboxylic acids is 2. The number of hydrogen-bond donors (Lipinski definition) is 2. The van der Waals surface area contributed by atoms with Crippen LogP contribution >= 0.6 is 0 Å². The molecule has 5 rings (SSSR count). The highest BCUT2D eigenvalue weighted by atomic mass is 16.6. The molecule has 8 nitrogen and oxygen atoms in total. The van der Waals surface area contributed by atoms with E-state index >= 15 is 0 Å². The zero-order valence-electron chi connectivity index (χ0n) is 20.0. The molecule has 3 aromatic carbocycles. The Hall–Kier alpha value is -4.46. The molecule has 1 amide bonds. The van der Waals surface area contributed by atoms with Crippen LogP contribution in [0.5, 0.6) is 0 Å². The van der Waals surface area contributed by atoms with Crippen molar-refractivity contribution in [2.45, 2.75) is 31.3 Å². The number of carbonyl (C=O) groups is 2. The molecule has 1 aliphatic carbocycles. The standard InChI is InChI=1S/C28H26N4O4/c1-18(19-6-4-3-5-7-19)36-27(34)29-25-24(30-32-31-25)22-10-8-20(9-11-22)21-12-14-23(15-13-21)28(16-17-28)26(33)35-2/h3-15,18H,16-17H2,1-2H3,(H2,29,30,31,32,34)/t18-/m1/s1. The van der Waals surface area contributed by atoms with Crippen molar-refractivity contribution < 1.29 is 19.1 Å². The SMILES string of the molecule is COC(=O)C1(c2ccc(-c3ccc(-c4n[nH]nc4NC(=O)O[C@H](C)c4ccccc4)cc3)cc2)CC1. The molecule has 0 spiro atoms. The average molecular weight is 483 g/mol. The Kier molecular flexibility index (Phi) is 6.25. The van der Waals surface area contributed by atoms with Crippen LogP contribution in [0, 0.1) is 0 Å². The Labute approximate surface area is 208 Å². The highest BCUT2D eigenvalue weighted by molar-refractivity contribution is 5.89. The van der Waals surface area contributed by atoms with E-state index in [0.717, 1.165) is 40.7 Å². The van der Waals surface area contributed by atoms with Gasteiger partial charge in [-0.3, -0.25) is 10.1 Å². The van der Waals surface area contributed by atoms with Gasteiger partial charge in [-0.15, -0.1) is 5.10 Å². The smallest absolute Gasteiger partial charge is 0.413 e. The lowest BCUT2D eigenvalue weighted by Gasteiger charge is -2.14. The Morgan fingerprint density at radius 1 is 0.889 bits per heavy atom. The third-order valence-corrected chi connectivity index (χ3v) is 6.58. The molecule has 0 unspecified atom stereocenters. The molecule has 0 aliphatic heterocycles. The van der Waals surface area contributed by atoms with E-state index in [-0.39, 0.29) is 11.8 Å². The van der Waals surface area contributed by atoms with E-state index < -0.39 is 17.6 Å². The topological polar surface area (TPSA) is 106 Å². The lowest BCUT2D eigenvalue weighted by atomic mass is 9.93. The Morgan fingerprint density at radius 3 is 2.11 bits per heavy atom. The molecule has 1 fully saturated rings. The summed E-state index contributed by atoms with van der Waals surface area (Å²) in [6, 6.07) is 25.3. The Balaban J connectivity index is 1.27. The highest BCUT2D eigenvalue weighted by Gasteiger charge is 2.52. The first-order valence-electron chi connectivity index (χ1n) is 11.7. The fourth-order valence-corrected chi connectivity index (χ4v) is 4.33. The summed E-state index contributed by atoms with van der Waals surface area (Å²) in [6.07, 6.45) is 0.620. The maximum absolute atomic E-state index is 12.4. The number of aromatic nitrogens is 3. The summed E-state index contributed by atoms with van der Waals surface area (Å²) >= 11 is 0. The number of nitrogens with zero attached hydrogens (tertiary/aromatic N) is 2. The third-order valence-electron chi connectivity index (χ3n) is 6.58. The zero-order chi connectivity index (χ0) is 25.1. The van der Waals surface area contributed by atoms with Gasteiger partial charge in [0.2, 0.25) is 0 Å². The summed E-state index contributed by atoms with van der Waals surface area (Å²) in [6.45, 7) is 1.81. The van der Waals surface area contributed by atoms with E-state index in [1.165, 1.54) is 7.11 Å². The van der Waals surface area contributed by atoms with Crippen molar-refractivity contribution in [3.8, 4) is 22.4 Å². The van der Waals surface area contributed by atoms with E-state index in [0.29, 0.717) is 5.69 Å². The lowest BCUT2D eigenvalue weighted by Crippen LogP contribution is -2.21. The number of H-pyrrole nitrogens is 1. The predicted octanol–water partition coefficient (Wildman–Crippen LogP) is 5.65. The molecule has 1 atom stereocenters. The molecule has 4 aromatic rings. The summed E-state index contributed by atoms with van der Waals surface area (Å²) in [4.78, 5) is 24.6. The van der Waals surface area contributed by atoms with Crippen LogP contribution in [0.1, 0.15) is 37.0 Å². The van der Waals surface area contributed by atoms with Gasteiger partial charge in [0, 0.05) is 5.56 Å². The minimum atomic E-state index is -0.612. The van der Waals surface area contributed by atoms with Gasteiger partial charge in [0.15, 0.2) is 5.82 Å². The lowest BCUT2D eigenvalue weighted by molar-refractivity contribution is -0.143. The molecule has 36 heavy (non-hydrogen) atoms. The molecule has 0 radical (unpaired) electrons. The number of methoxy groups -OCH3 is 1. The molecule has 1 saturated carbocycles. The number of aromatic amines is 1. The van der Waals surface area contributed by atoms with Crippen molar-refractivity contribution in [3.63, 3.8) is 0 Å². The van der Waals surface area contributed by atoms with Crippen LogP contribution in [-0.4, -0.2) is 34.6 Å². The van der Waals surface area contributed by atoms with E-state index in [2.05, 4.69) is 20.7 Å². The van der Waals surface area contributed by atoms with Crippen molar-refractivity contribution >= 4 is 17.9 Å². The van der Waals surface area contributed by atoms with Crippen molar-refractivity contribution in [2.75, 3.05) is 12.4 Å². The molecule has 0 saturated heterocycles. The predicted molar refractivity (Wildman–Crippen MR) is 135 cm³/mol. The molecular formula is C28H26N4O4. The molecule has 1 heterocycles. The average Bonchev–Trinajstić information content (AvgIpc) is 3.61. The molecular weight excluding hydrogens is 456 g/mol. The second kappa shape index (κ2) is 9.65. The summed E-state index contributed by atoms with van der Waals surface area (Å²) in [5.41, 5.74) is 4.75. The highest BCUT2D eigenvalue weighted by Crippen LogP contribution is 2.49. The second-order valence-electron chi connectivity index (χ2n) is 8.83. The van der Waals surface area contributed by atoms with Crippen LogP contribution in [0.3, 0.4) is 0 Å². The molecule has 2 N–H and O–H groups in total. The summed E-state index contributed by atoms with van der Waals surface area (Å²) in [7, 11) is 1.43. The number of esters is 1. The van der Waals surface area contributed by atoms with Crippen LogP contribution in [0.4, 0.5) is 10.6 Å². The van der Waals surface area contributed by atoms with Crippen LogP contribution in [0.25, 0.3) is 22.4 Å². The van der Waals surface area contributed by atoms with Gasteiger partial charge in [-0.05, 0) is 42.0 Å². The number of hydrogen-bond acceptors (Lipinski definition) is 6. The van der Waals surface area contributed by atoms with E-state index in [9.17, 15) is 9.59 Å². The number of amides is 1. The summed E-state index contributed by atoms with van der Waals surface area (Å²) in [5, 5.41) is 13.5. The Bertz CT molecular complexity index is 1360. The largest absolute Gasteiger partial charge is 0.468 e. The first-order chi connectivity index (χ1) is 17.5. The maximum Gasteiger partial charge on any atom is 0.413 e. The van der Waals surface area contributed by atoms with Crippen LogP contribution in [-0.2, 0) is 19.7 Å². The minimum absolute atomic E-state index is 0.171. The summed E-state index contributed by atoms with van der Waals surface area (Å²) < 4.78 is 10.5. The van der Waals surface area contributed by atoms with Gasteiger partial charge >= 0.3 is 12.1 Å². The van der Waals surface area contributed by atoms with Crippen molar-refractivity contribution in [1.82, 2.24) is 15.4 Å². The van der Waals surface area contributed by atoms with E-state index in [1.807, 2.05) is 85.8 Å². The molecule has 8 heteroatoms. The minimum Gasteiger partial charge on any atom is -0.468 e. The van der Waals surface area contributed by atoms with E-state index in [4.69, 9.17) is 9.47 Å². The van der Waals surface area contributed by atoms with Crippen LogP contribution in [0.2, 0.25) is 0 Å². The molecule has 182 valence electrons. The first kappa shape index (κ1) is 23.3. The molecule has 1 aromatic heterocycles. The fourth-order valence-electron chi connectivity index (χ4n) is 4.33. The van der Waals surface area contributed by atoms with Gasteiger partial charge in [0.05, 0.1) is 12.5 Å². The Morgan fingerprint density at radius 2 is 1.50 bits per heavy atom. The van der Waals surface area contributed by atoms with Crippen molar-refractivity contribution in [2.24, 2.45) is 0 Å². The number of nitrogens with one attached hydrogen (secondary N) is 2. The number of benzene rings is 3. The van der Waals surface area contributed by atoms with Gasteiger partial charge < -0.3 is 9.47 Å². The normalized spacial score (nSPS) is 14.5. The van der Waals surface area contributed by atoms with Crippen LogP contribution in [0.15, 0.2) is 78.9 Å². The molecule has 0 bridgehead atoms. The summed E-state index contributed by atoms with van der Waals surface area (Å²) in [5.74, 6) is 0.116. The first-order valence-corrected chi connectivity index (χ1v) is 11.7. The second-order valence-corrected chi connectivity index (χ2v) is 8.83. The monoisotopic (exact) mass is 482 g/mol. The van der Waals surface area contributed by atoms with Crippen molar-refractivity contribution in [1.29, 1.82) is 0 Å². The number of ether oxygens (including phenoxy) is 2. The van der Waals surface area contributed by atoms with Gasteiger partial charge in [-0.2, -0.15) is 10.3 Å². The zero-order valence-corrected chi connectivity index (χ0v) is 20.0. The van der Waals surface area contributed by atoms with Gasteiger partial charge in [-0.1, -0.05) is 78.9 Å². The van der Waals surface area contributed by atoms with Gasteiger partial charge in [-0.25, -0.2) is 4.79 Å². The number of anilines is 1. The van der Waals surface area contributed by atoms with Gasteiger partial charge in [0.25, 0.3) is 0 Å². The third kappa shape index (κ3) is 4.57. The van der Waals surface area contributed by atoms with Gasteiger partial charge in [0.1, 0.15) is 11.8 Å². The van der Waals surface area contributed by atoms with Crippen LogP contribution < -0.4 is 5.32 Å². The maximum atomic E-state index is 12.4. The number of rotatable bonds is 7. The van der Waals surface area contributed by atoms with Crippen molar-refractivity contribution in [3.05, 3.63) is 90.0 Å². The fraction of sp³-hybridized carbons (Fsp3) is 0.214. The van der Waals surface area contributed by atoms with E-state index in [1.54, 1.807) is 0 Å².